The number of benzene rings is 1. The van der Waals surface area contributed by atoms with Gasteiger partial charge in [-0.25, -0.2) is 14.4 Å². The highest BCUT2D eigenvalue weighted by molar-refractivity contribution is 5.60. The van der Waals surface area contributed by atoms with Crippen molar-refractivity contribution in [3.8, 4) is 0 Å². The molecule has 0 aliphatic heterocycles. The fourth-order valence-electron chi connectivity index (χ4n) is 1.87. The third-order valence-corrected chi connectivity index (χ3v) is 2.77. The van der Waals surface area contributed by atoms with E-state index >= 15 is 0 Å². The Bertz CT molecular complexity index is 544. The molecule has 0 fully saturated rings. The molecular weight excluding hydrogens is 243 g/mol. The molecule has 5 heteroatoms. The Morgan fingerprint density at radius 3 is 2.74 bits per heavy atom. The van der Waals surface area contributed by atoms with Crippen molar-refractivity contribution in [1.82, 2.24) is 9.97 Å². The summed E-state index contributed by atoms with van der Waals surface area (Å²) in [7, 11) is 0. The number of aryl methyl sites for hydroxylation is 1. The fourth-order valence-corrected chi connectivity index (χ4v) is 1.87. The zero-order valence-corrected chi connectivity index (χ0v) is 10.9. The molecule has 1 aromatic heterocycles. The number of rotatable bonds is 5. The maximum absolute atomic E-state index is 13.9. The summed E-state index contributed by atoms with van der Waals surface area (Å²) >= 11 is 0. The highest BCUT2D eigenvalue weighted by Crippen LogP contribution is 2.26. The molecule has 0 aliphatic carbocycles. The number of aromatic nitrogens is 2. The molecule has 1 aromatic carbocycles. The number of para-hydroxylation sites is 1. The van der Waals surface area contributed by atoms with E-state index in [4.69, 9.17) is 5.73 Å². The van der Waals surface area contributed by atoms with Crippen LogP contribution < -0.4 is 10.6 Å². The third kappa shape index (κ3) is 3.26. The molecule has 0 spiro atoms. The van der Waals surface area contributed by atoms with Crippen LogP contribution in [0.5, 0.6) is 0 Å². The summed E-state index contributed by atoms with van der Waals surface area (Å²) in [6.45, 7) is 2.98. The summed E-state index contributed by atoms with van der Waals surface area (Å²) in [5.74, 6) is 1.08. The van der Waals surface area contributed by atoms with E-state index in [-0.39, 0.29) is 5.82 Å². The standard InChI is InChI=1S/C14H17FN4/c1-11-17-9-7-14(18-11)19(10-4-8-16)13-6-3-2-5-12(13)15/h2-3,5-7,9H,4,8,10,16H2,1H3. The van der Waals surface area contributed by atoms with Crippen molar-refractivity contribution < 1.29 is 4.39 Å². The average Bonchev–Trinajstić information content (AvgIpc) is 2.41. The number of nitrogens with two attached hydrogens (primary N) is 1. The first-order valence-corrected chi connectivity index (χ1v) is 6.24. The lowest BCUT2D eigenvalue weighted by atomic mass is 10.2. The van der Waals surface area contributed by atoms with Crippen LogP contribution in [0.1, 0.15) is 12.2 Å². The molecule has 100 valence electrons. The van der Waals surface area contributed by atoms with Gasteiger partial charge in [0.15, 0.2) is 0 Å². The van der Waals surface area contributed by atoms with E-state index in [9.17, 15) is 4.39 Å². The van der Waals surface area contributed by atoms with Gasteiger partial charge in [0.1, 0.15) is 17.5 Å². The SMILES string of the molecule is Cc1nccc(N(CCCN)c2ccccc2F)n1. The van der Waals surface area contributed by atoms with Gasteiger partial charge in [0.2, 0.25) is 0 Å². The van der Waals surface area contributed by atoms with E-state index in [2.05, 4.69) is 9.97 Å². The summed E-state index contributed by atoms with van der Waals surface area (Å²) in [4.78, 5) is 10.2. The van der Waals surface area contributed by atoms with Gasteiger partial charge in [0, 0.05) is 12.7 Å². The molecule has 19 heavy (non-hydrogen) atoms. The van der Waals surface area contributed by atoms with E-state index < -0.39 is 0 Å². The Labute approximate surface area is 112 Å². The molecule has 0 unspecified atom stereocenters. The highest BCUT2D eigenvalue weighted by Gasteiger charge is 2.14. The summed E-state index contributed by atoms with van der Waals surface area (Å²) in [6, 6.07) is 8.44. The second-order valence-corrected chi connectivity index (χ2v) is 4.21. The molecule has 0 saturated carbocycles. The topological polar surface area (TPSA) is 55.0 Å². The van der Waals surface area contributed by atoms with Gasteiger partial charge in [-0.2, -0.15) is 0 Å². The third-order valence-electron chi connectivity index (χ3n) is 2.77. The van der Waals surface area contributed by atoms with Gasteiger partial charge in [-0.15, -0.1) is 0 Å². The molecule has 2 N–H and O–H groups in total. The van der Waals surface area contributed by atoms with Gasteiger partial charge in [0.25, 0.3) is 0 Å². The van der Waals surface area contributed by atoms with Crippen LogP contribution in [0.2, 0.25) is 0 Å². The van der Waals surface area contributed by atoms with E-state index in [0.717, 1.165) is 6.42 Å². The first kappa shape index (κ1) is 13.4. The van der Waals surface area contributed by atoms with E-state index in [1.54, 1.807) is 24.4 Å². The van der Waals surface area contributed by atoms with Gasteiger partial charge >= 0.3 is 0 Å². The van der Waals surface area contributed by atoms with Crippen LogP contribution in [0.15, 0.2) is 36.5 Å². The molecule has 0 amide bonds. The van der Waals surface area contributed by atoms with Crippen molar-refractivity contribution in [3.05, 3.63) is 48.2 Å². The normalized spacial score (nSPS) is 10.5. The van der Waals surface area contributed by atoms with Crippen LogP contribution in [0.25, 0.3) is 0 Å². The number of hydrogen-bond donors (Lipinski definition) is 1. The van der Waals surface area contributed by atoms with Crippen molar-refractivity contribution in [2.45, 2.75) is 13.3 Å². The lowest BCUT2D eigenvalue weighted by Crippen LogP contribution is -2.23. The zero-order chi connectivity index (χ0) is 13.7. The molecule has 0 bridgehead atoms. The molecule has 0 saturated heterocycles. The van der Waals surface area contributed by atoms with Gasteiger partial charge in [-0.3, -0.25) is 0 Å². The average molecular weight is 260 g/mol. The molecule has 0 aliphatic rings. The quantitative estimate of drug-likeness (QED) is 0.897. The van der Waals surface area contributed by atoms with Crippen molar-refractivity contribution in [1.29, 1.82) is 0 Å². The first-order valence-electron chi connectivity index (χ1n) is 6.24. The van der Waals surface area contributed by atoms with Crippen molar-refractivity contribution in [2.24, 2.45) is 5.73 Å². The minimum atomic E-state index is -0.268. The summed E-state index contributed by atoms with van der Waals surface area (Å²) < 4.78 is 13.9. The smallest absolute Gasteiger partial charge is 0.146 e. The Morgan fingerprint density at radius 2 is 2.05 bits per heavy atom. The number of anilines is 2. The van der Waals surface area contributed by atoms with Crippen molar-refractivity contribution in [2.75, 3.05) is 18.0 Å². The lowest BCUT2D eigenvalue weighted by molar-refractivity contribution is 0.622. The summed E-state index contributed by atoms with van der Waals surface area (Å²) in [5.41, 5.74) is 6.06. The molecule has 1 heterocycles. The second-order valence-electron chi connectivity index (χ2n) is 4.21. The molecule has 0 atom stereocenters. The largest absolute Gasteiger partial charge is 0.330 e. The Kier molecular flexibility index (Phi) is 4.41. The molecule has 4 nitrogen and oxygen atoms in total. The number of nitrogens with zero attached hydrogens (tertiary/aromatic N) is 3. The maximum atomic E-state index is 13.9. The van der Waals surface area contributed by atoms with Crippen LogP contribution in [0.3, 0.4) is 0 Å². The monoisotopic (exact) mass is 260 g/mol. The molecule has 2 rings (SSSR count). The van der Waals surface area contributed by atoms with Crippen LogP contribution >= 0.6 is 0 Å². The molecule has 0 radical (unpaired) electrons. The molecular formula is C14H17FN4. The number of hydrogen-bond acceptors (Lipinski definition) is 4. The van der Waals surface area contributed by atoms with E-state index in [0.29, 0.717) is 30.4 Å². The van der Waals surface area contributed by atoms with Crippen molar-refractivity contribution in [3.63, 3.8) is 0 Å². The van der Waals surface area contributed by atoms with Gasteiger partial charge in [-0.05, 0) is 38.1 Å². The van der Waals surface area contributed by atoms with Crippen LogP contribution in [-0.4, -0.2) is 23.1 Å². The Balaban J connectivity index is 2.38. The minimum Gasteiger partial charge on any atom is -0.330 e. The van der Waals surface area contributed by atoms with Crippen LogP contribution in [0.4, 0.5) is 15.9 Å². The number of halogens is 1. The second kappa shape index (κ2) is 6.24. The molecule has 2 aromatic rings. The van der Waals surface area contributed by atoms with E-state index in [1.807, 2.05) is 17.9 Å². The zero-order valence-electron chi connectivity index (χ0n) is 10.9. The first-order chi connectivity index (χ1) is 9.22. The fraction of sp³-hybridized carbons (Fsp3) is 0.286. The minimum absolute atomic E-state index is 0.268. The predicted molar refractivity (Wildman–Crippen MR) is 73.8 cm³/mol. The maximum Gasteiger partial charge on any atom is 0.146 e. The van der Waals surface area contributed by atoms with E-state index in [1.165, 1.54) is 6.07 Å². The van der Waals surface area contributed by atoms with Gasteiger partial charge < -0.3 is 10.6 Å². The van der Waals surface area contributed by atoms with Crippen LogP contribution in [0, 0.1) is 12.7 Å². The highest BCUT2D eigenvalue weighted by atomic mass is 19.1. The Morgan fingerprint density at radius 1 is 1.26 bits per heavy atom. The van der Waals surface area contributed by atoms with Crippen molar-refractivity contribution >= 4 is 11.5 Å². The summed E-state index contributed by atoms with van der Waals surface area (Å²) in [5, 5.41) is 0. The van der Waals surface area contributed by atoms with Gasteiger partial charge in [0.05, 0.1) is 5.69 Å². The van der Waals surface area contributed by atoms with Gasteiger partial charge in [-0.1, -0.05) is 12.1 Å². The predicted octanol–water partition coefficient (Wildman–Crippen LogP) is 2.41. The van der Waals surface area contributed by atoms with Crippen LogP contribution in [-0.2, 0) is 0 Å². The Hall–Kier alpha value is -2.01. The lowest BCUT2D eigenvalue weighted by Gasteiger charge is -2.24. The summed E-state index contributed by atoms with van der Waals surface area (Å²) in [6.07, 6.45) is 2.44.